The highest BCUT2D eigenvalue weighted by Gasteiger charge is 2.19. The summed E-state index contributed by atoms with van der Waals surface area (Å²) in [7, 11) is 0. The molecule has 1 atom stereocenters. The molecule has 0 saturated carbocycles. The fourth-order valence-corrected chi connectivity index (χ4v) is 2.23. The molecule has 1 unspecified atom stereocenters. The van der Waals surface area contributed by atoms with E-state index >= 15 is 0 Å². The van der Waals surface area contributed by atoms with E-state index in [4.69, 9.17) is 0 Å². The topological polar surface area (TPSA) is 78.4 Å². The SMILES string of the molecule is Cc1cc(C)cc(NC(=O)C(=O)NC(CO)CC(C)C)c1. The van der Waals surface area contributed by atoms with Gasteiger partial charge in [-0.1, -0.05) is 19.9 Å². The number of aryl methyl sites for hydroxylation is 2. The normalized spacial score (nSPS) is 12.1. The molecular weight excluding hydrogens is 268 g/mol. The number of aliphatic hydroxyl groups excluding tert-OH is 1. The van der Waals surface area contributed by atoms with E-state index in [9.17, 15) is 14.7 Å². The van der Waals surface area contributed by atoms with Gasteiger partial charge in [-0.2, -0.15) is 0 Å². The Labute approximate surface area is 125 Å². The van der Waals surface area contributed by atoms with Crippen molar-refractivity contribution in [3.63, 3.8) is 0 Å². The van der Waals surface area contributed by atoms with Crippen molar-refractivity contribution < 1.29 is 14.7 Å². The van der Waals surface area contributed by atoms with Crippen LogP contribution >= 0.6 is 0 Å². The number of benzene rings is 1. The highest BCUT2D eigenvalue weighted by atomic mass is 16.3. The number of hydrogen-bond donors (Lipinski definition) is 3. The number of rotatable bonds is 5. The lowest BCUT2D eigenvalue weighted by molar-refractivity contribution is -0.136. The number of carbonyl (C=O) groups excluding carboxylic acids is 2. The first-order valence-corrected chi connectivity index (χ1v) is 7.12. The lowest BCUT2D eigenvalue weighted by atomic mass is 10.0. The Morgan fingerprint density at radius 2 is 1.67 bits per heavy atom. The smallest absolute Gasteiger partial charge is 0.313 e. The van der Waals surface area contributed by atoms with Crippen LogP contribution in [0.25, 0.3) is 0 Å². The van der Waals surface area contributed by atoms with Gasteiger partial charge in [0.1, 0.15) is 0 Å². The van der Waals surface area contributed by atoms with Crippen molar-refractivity contribution in [2.75, 3.05) is 11.9 Å². The molecule has 0 spiro atoms. The molecule has 0 aliphatic heterocycles. The van der Waals surface area contributed by atoms with Crippen LogP contribution in [0.4, 0.5) is 5.69 Å². The monoisotopic (exact) mass is 292 g/mol. The first-order chi connectivity index (χ1) is 9.81. The highest BCUT2D eigenvalue weighted by Crippen LogP contribution is 2.13. The molecule has 1 aromatic carbocycles. The Morgan fingerprint density at radius 3 is 2.14 bits per heavy atom. The lowest BCUT2D eigenvalue weighted by Crippen LogP contribution is -2.44. The van der Waals surface area contributed by atoms with E-state index in [0.717, 1.165) is 11.1 Å². The minimum Gasteiger partial charge on any atom is -0.394 e. The molecule has 1 aromatic rings. The average Bonchev–Trinajstić information content (AvgIpc) is 2.35. The molecule has 0 aromatic heterocycles. The molecule has 0 aliphatic rings. The van der Waals surface area contributed by atoms with Crippen molar-refractivity contribution in [1.82, 2.24) is 5.32 Å². The van der Waals surface area contributed by atoms with Crippen LogP contribution < -0.4 is 10.6 Å². The molecule has 2 amide bonds. The maximum absolute atomic E-state index is 11.9. The van der Waals surface area contributed by atoms with Crippen LogP contribution in [0.2, 0.25) is 0 Å². The van der Waals surface area contributed by atoms with Crippen LogP contribution in [0.1, 0.15) is 31.4 Å². The molecule has 0 heterocycles. The molecule has 5 heteroatoms. The zero-order valence-corrected chi connectivity index (χ0v) is 13.1. The quantitative estimate of drug-likeness (QED) is 0.724. The zero-order valence-electron chi connectivity index (χ0n) is 13.1. The second kappa shape index (κ2) is 7.78. The minimum atomic E-state index is -0.728. The number of amides is 2. The summed E-state index contributed by atoms with van der Waals surface area (Å²) in [6.07, 6.45) is 0.624. The van der Waals surface area contributed by atoms with Crippen LogP contribution in [0, 0.1) is 19.8 Å². The van der Waals surface area contributed by atoms with Gasteiger partial charge in [0, 0.05) is 5.69 Å². The predicted molar refractivity (Wildman–Crippen MR) is 83.0 cm³/mol. The van der Waals surface area contributed by atoms with Crippen LogP contribution in [0.5, 0.6) is 0 Å². The van der Waals surface area contributed by atoms with E-state index in [1.54, 1.807) is 12.1 Å². The van der Waals surface area contributed by atoms with Crippen molar-refractivity contribution in [2.24, 2.45) is 5.92 Å². The Hall–Kier alpha value is -1.88. The number of nitrogens with one attached hydrogen (secondary N) is 2. The molecule has 5 nitrogen and oxygen atoms in total. The van der Waals surface area contributed by atoms with Crippen molar-refractivity contribution in [3.05, 3.63) is 29.3 Å². The van der Waals surface area contributed by atoms with Crippen LogP contribution in [-0.2, 0) is 9.59 Å². The van der Waals surface area contributed by atoms with Gasteiger partial charge in [0.15, 0.2) is 0 Å². The Balaban J connectivity index is 2.63. The van der Waals surface area contributed by atoms with E-state index < -0.39 is 17.9 Å². The van der Waals surface area contributed by atoms with Gasteiger partial charge in [-0.3, -0.25) is 9.59 Å². The van der Waals surface area contributed by atoms with Crippen LogP contribution in [-0.4, -0.2) is 29.6 Å². The lowest BCUT2D eigenvalue weighted by Gasteiger charge is -2.18. The van der Waals surface area contributed by atoms with Crippen molar-refractivity contribution in [3.8, 4) is 0 Å². The van der Waals surface area contributed by atoms with Gasteiger partial charge >= 0.3 is 11.8 Å². The number of hydrogen-bond acceptors (Lipinski definition) is 3. The van der Waals surface area contributed by atoms with Gasteiger partial charge in [0.25, 0.3) is 0 Å². The number of anilines is 1. The molecule has 21 heavy (non-hydrogen) atoms. The fourth-order valence-electron chi connectivity index (χ4n) is 2.23. The summed E-state index contributed by atoms with van der Waals surface area (Å²) in [4.78, 5) is 23.7. The fraction of sp³-hybridized carbons (Fsp3) is 0.500. The summed E-state index contributed by atoms with van der Waals surface area (Å²) in [5, 5.41) is 14.3. The zero-order chi connectivity index (χ0) is 16.0. The second-order valence-corrected chi connectivity index (χ2v) is 5.81. The van der Waals surface area contributed by atoms with E-state index in [0.29, 0.717) is 18.0 Å². The van der Waals surface area contributed by atoms with Crippen LogP contribution in [0.3, 0.4) is 0 Å². The van der Waals surface area contributed by atoms with Crippen molar-refractivity contribution in [1.29, 1.82) is 0 Å². The van der Waals surface area contributed by atoms with E-state index in [2.05, 4.69) is 10.6 Å². The molecule has 0 radical (unpaired) electrons. The maximum Gasteiger partial charge on any atom is 0.313 e. The van der Waals surface area contributed by atoms with Gasteiger partial charge in [-0.15, -0.1) is 0 Å². The van der Waals surface area contributed by atoms with E-state index in [-0.39, 0.29) is 6.61 Å². The predicted octanol–water partition coefficient (Wildman–Crippen LogP) is 1.77. The van der Waals surface area contributed by atoms with Gasteiger partial charge < -0.3 is 15.7 Å². The van der Waals surface area contributed by atoms with Crippen molar-refractivity contribution >= 4 is 17.5 Å². The second-order valence-electron chi connectivity index (χ2n) is 5.81. The molecule has 0 bridgehead atoms. The third kappa shape index (κ3) is 5.95. The third-order valence-electron chi connectivity index (χ3n) is 3.00. The molecule has 1 rings (SSSR count). The first-order valence-electron chi connectivity index (χ1n) is 7.12. The largest absolute Gasteiger partial charge is 0.394 e. The van der Waals surface area contributed by atoms with E-state index in [1.165, 1.54) is 0 Å². The molecule has 0 aliphatic carbocycles. The molecule has 3 N–H and O–H groups in total. The van der Waals surface area contributed by atoms with E-state index in [1.807, 2.05) is 33.8 Å². The van der Waals surface area contributed by atoms with Crippen molar-refractivity contribution in [2.45, 2.75) is 40.2 Å². The minimum absolute atomic E-state index is 0.180. The molecular formula is C16H24N2O3. The van der Waals surface area contributed by atoms with Gasteiger partial charge in [0.2, 0.25) is 0 Å². The average molecular weight is 292 g/mol. The standard InChI is InChI=1S/C16H24N2O3/c1-10(2)5-14(9-19)18-16(21)15(20)17-13-7-11(3)6-12(4)8-13/h6-8,10,14,19H,5,9H2,1-4H3,(H,17,20)(H,18,21). The van der Waals surface area contributed by atoms with Crippen LogP contribution in [0.15, 0.2) is 18.2 Å². The summed E-state index contributed by atoms with van der Waals surface area (Å²) >= 11 is 0. The molecule has 0 fully saturated rings. The van der Waals surface area contributed by atoms with Gasteiger partial charge in [0.05, 0.1) is 12.6 Å². The number of aliphatic hydroxyl groups is 1. The third-order valence-corrected chi connectivity index (χ3v) is 3.00. The Bertz CT molecular complexity index is 492. The van der Waals surface area contributed by atoms with Gasteiger partial charge in [-0.05, 0) is 49.4 Å². The Kier molecular flexibility index (Phi) is 6.37. The Morgan fingerprint density at radius 1 is 1.10 bits per heavy atom. The highest BCUT2D eigenvalue weighted by molar-refractivity contribution is 6.39. The van der Waals surface area contributed by atoms with Gasteiger partial charge in [-0.25, -0.2) is 0 Å². The summed E-state index contributed by atoms with van der Waals surface area (Å²) in [6, 6.07) is 5.19. The molecule has 0 saturated heterocycles. The number of carbonyl (C=O) groups is 2. The maximum atomic E-state index is 11.9. The summed E-state index contributed by atoms with van der Waals surface area (Å²) in [6.45, 7) is 7.65. The summed E-state index contributed by atoms with van der Waals surface area (Å²) in [5.41, 5.74) is 2.62. The first kappa shape index (κ1) is 17.2. The summed E-state index contributed by atoms with van der Waals surface area (Å²) < 4.78 is 0. The molecule has 116 valence electrons. The summed E-state index contributed by atoms with van der Waals surface area (Å²) in [5.74, 6) is -1.12.